The van der Waals surface area contributed by atoms with E-state index in [0.29, 0.717) is 26.3 Å². The van der Waals surface area contributed by atoms with Gasteiger partial charge in [0.25, 0.3) is 16.8 Å². The van der Waals surface area contributed by atoms with Crippen LogP contribution in [-0.2, 0) is 14.3 Å². The Balaban J connectivity index is 1.58. The predicted octanol–water partition coefficient (Wildman–Crippen LogP) is 3.21. The summed E-state index contributed by atoms with van der Waals surface area (Å²) in [6, 6.07) is 6.56. The molecule has 0 spiro atoms. The minimum Gasteiger partial charge on any atom is -0.378 e. The molecule has 0 N–H and O–H groups in total. The molecule has 0 aliphatic carbocycles. The Morgan fingerprint density at radius 3 is 2.53 bits per heavy atom. The van der Waals surface area contributed by atoms with Gasteiger partial charge >= 0.3 is 0 Å². The van der Waals surface area contributed by atoms with Crippen LogP contribution in [0.25, 0.3) is 11.8 Å². The summed E-state index contributed by atoms with van der Waals surface area (Å²) in [6.07, 6.45) is 1.66. The summed E-state index contributed by atoms with van der Waals surface area (Å²) >= 11 is 0.812. The molecule has 0 saturated carbocycles. The van der Waals surface area contributed by atoms with Gasteiger partial charge in [-0.3, -0.25) is 29.4 Å². The predicted molar refractivity (Wildman–Crippen MR) is 127 cm³/mol. The Morgan fingerprint density at radius 2 is 1.88 bits per heavy atom. The Kier molecular flexibility index (Phi) is 6.58. The average molecular weight is 485 g/mol. The molecule has 0 unspecified atom stereocenters. The van der Waals surface area contributed by atoms with Crippen molar-refractivity contribution >= 4 is 40.6 Å². The number of nitro benzene ring substituents is 1. The van der Waals surface area contributed by atoms with Gasteiger partial charge in [-0.1, -0.05) is 0 Å². The number of morpholine rings is 1. The SMILES string of the molecule is Cc1cc([N+](=O)[O-])ccc1-n1c(C)cc(/C=C2\SC(=O)N(CC(=O)N3CCOCC3)C2=O)c1C. The van der Waals surface area contributed by atoms with Crippen molar-refractivity contribution in [2.75, 3.05) is 32.8 Å². The number of nitro groups is 1. The lowest BCUT2D eigenvalue weighted by Crippen LogP contribution is -2.46. The number of aromatic nitrogens is 1. The van der Waals surface area contributed by atoms with Crippen LogP contribution < -0.4 is 0 Å². The van der Waals surface area contributed by atoms with Gasteiger partial charge in [0, 0.05) is 42.3 Å². The van der Waals surface area contributed by atoms with E-state index in [-0.39, 0.29) is 23.0 Å². The number of aryl methyl sites for hydroxylation is 2. The fourth-order valence-electron chi connectivity index (χ4n) is 4.13. The molecule has 2 fully saturated rings. The van der Waals surface area contributed by atoms with Crippen molar-refractivity contribution in [2.45, 2.75) is 20.8 Å². The van der Waals surface area contributed by atoms with E-state index in [0.717, 1.165) is 44.9 Å². The maximum atomic E-state index is 12.9. The van der Waals surface area contributed by atoms with Crippen LogP contribution in [0.2, 0.25) is 0 Å². The first-order valence-corrected chi connectivity index (χ1v) is 11.5. The van der Waals surface area contributed by atoms with Crippen molar-refractivity contribution in [1.29, 1.82) is 0 Å². The van der Waals surface area contributed by atoms with Crippen molar-refractivity contribution in [2.24, 2.45) is 0 Å². The van der Waals surface area contributed by atoms with Crippen LogP contribution >= 0.6 is 11.8 Å². The van der Waals surface area contributed by atoms with Gasteiger partial charge in [-0.15, -0.1) is 0 Å². The molecule has 0 atom stereocenters. The Morgan fingerprint density at radius 1 is 1.18 bits per heavy atom. The Bertz CT molecular complexity index is 1230. The number of hydrogen-bond donors (Lipinski definition) is 0. The van der Waals surface area contributed by atoms with Gasteiger partial charge in [-0.05, 0) is 61.9 Å². The van der Waals surface area contributed by atoms with E-state index in [1.165, 1.54) is 12.1 Å². The Labute approximate surface area is 200 Å². The summed E-state index contributed by atoms with van der Waals surface area (Å²) in [4.78, 5) is 51.4. The number of hydrogen-bond acceptors (Lipinski definition) is 7. The first-order valence-electron chi connectivity index (χ1n) is 10.7. The zero-order valence-corrected chi connectivity index (χ0v) is 19.9. The molecule has 1 aromatic heterocycles. The number of non-ortho nitro benzene ring substituents is 1. The third-order valence-corrected chi connectivity index (χ3v) is 6.83. The van der Waals surface area contributed by atoms with Crippen molar-refractivity contribution in [3.8, 4) is 5.69 Å². The van der Waals surface area contributed by atoms with Crippen LogP contribution in [0.15, 0.2) is 29.2 Å². The van der Waals surface area contributed by atoms with Gasteiger partial charge in [0.2, 0.25) is 5.91 Å². The Hall–Kier alpha value is -3.44. The summed E-state index contributed by atoms with van der Waals surface area (Å²) in [5, 5.41) is 10.6. The highest BCUT2D eigenvalue weighted by Crippen LogP contribution is 2.34. The molecule has 34 heavy (non-hydrogen) atoms. The van der Waals surface area contributed by atoms with Gasteiger partial charge < -0.3 is 14.2 Å². The third kappa shape index (κ3) is 4.48. The fourth-order valence-corrected chi connectivity index (χ4v) is 4.96. The summed E-state index contributed by atoms with van der Waals surface area (Å²) in [5.74, 6) is -0.772. The van der Waals surface area contributed by atoms with Crippen molar-refractivity contribution < 1.29 is 24.0 Å². The highest BCUT2D eigenvalue weighted by atomic mass is 32.2. The second kappa shape index (κ2) is 9.43. The highest BCUT2D eigenvalue weighted by Gasteiger charge is 2.37. The molecule has 0 radical (unpaired) electrons. The van der Waals surface area contributed by atoms with Crippen molar-refractivity contribution in [3.63, 3.8) is 0 Å². The first kappa shape index (κ1) is 23.7. The molecule has 2 aliphatic rings. The summed E-state index contributed by atoms with van der Waals surface area (Å²) < 4.78 is 7.19. The molecule has 4 rings (SSSR count). The second-order valence-corrected chi connectivity index (χ2v) is 9.14. The van der Waals surface area contributed by atoms with Gasteiger partial charge in [-0.2, -0.15) is 0 Å². The van der Waals surface area contributed by atoms with Crippen LogP contribution in [0.5, 0.6) is 0 Å². The molecule has 11 heteroatoms. The molecular formula is C23H24N4O6S. The average Bonchev–Trinajstić information content (AvgIpc) is 3.23. The largest absolute Gasteiger partial charge is 0.378 e. The summed E-state index contributed by atoms with van der Waals surface area (Å²) in [5.41, 5.74) is 4.01. The van der Waals surface area contributed by atoms with Gasteiger partial charge in [-0.25, -0.2) is 0 Å². The monoisotopic (exact) mass is 484 g/mol. The van der Waals surface area contributed by atoms with E-state index < -0.39 is 16.1 Å². The number of rotatable bonds is 5. The summed E-state index contributed by atoms with van der Waals surface area (Å²) in [7, 11) is 0. The number of amides is 3. The van der Waals surface area contributed by atoms with Crippen LogP contribution in [0, 0.1) is 30.9 Å². The lowest BCUT2D eigenvalue weighted by Gasteiger charge is -2.28. The quantitative estimate of drug-likeness (QED) is 0.364. The number of carbonyl (C=O) groups excluding carboxylic acids is 3. The smallest absolute Gasteiger partial charge is 0.294 e. The maximum absolute atomic E-state index is 12.9. The lowest BCUT2D eigenvalue weighted by molar-refractivity contribution is -0.384. The molecule has 2 saturated heterocycles. The van der Waals surface area contributed by atoms with E-state index in [4.69, 9.17) is 4.74 Å². The van der Waals surface area contributed by atoms with Crippen molar-refractivity contribution in [1.82, 2.24) is 14.4 Å². The zero-order valence-electron chi connectivity index (χ0n) is 19.1. The van der Waals surface area contributed by atoms with E-state index in [1.54, 1.807) is 24.0 Å². The van der Waals surface area contributed by atoms with Gasteiger partial charge in [0.05, 0.1) is 23.0 Å². The molecule has 178 valence electrons. The molecule has 3 heterocycles. The van der Waals surface area contributed by atoms with Crippen LogP contribution in [0.3, 0.4) is 0 Å². The lowest BCUT2D eigenvalue weighted by atomic mass is 10.1. The number of carbonyl (C=O) groups is 3. The van der Waals surface area contributed by atoms with E-state index in [2.05, 4.69) is 0 Å². The molecule has 0 bridgehead atoms. The molecule has 1 aromatic carbocycles. The first-order chi connectivity index (χ1) is 16.2. The van der Waals surface area contributed by atoms with Crippen LogP contribution in [0.4, 0.5) is 10.5 Å². The number of thioether (sulfide) groups is 1. The molecule has 2 aliphatic heterocycles. The van der Waals surface area contributed by atoms with Crippen LogP contribution in [-0.4, -0.2) is 69.2 Å². The van der Waals surface area contributed by atoms with E-state index in [1.807, 2.05) is 24.5 Å². The van der Waals surface area contributed by atoms with Crippen LogP contribution in [0.1, 0.15) is 22.5 Å². The second-order valence-electron chi connectivity index (χ2n) is 8.15. The van der Waals surface area contributed by atoms with Gasteiger partial charge in [0.1, 0.15) is 6.54 Å². The maximum Gasteiger partial charge on any atom is 0.294 e. The van der Waals surface area contributed by atoms with E-state index in [9.17, 15) is 24.5 Å². The number of nitrogens with zero attached hydrogens (tertiary/aromatic N) is 4. The van der Waals surface area contributed by atoms with Gasteiger partial charge in [0.15, 0.2) is 0 Å². The molecule has 10 nitrogen and oxygen atoms in total. The fraction of sp³-hybridized carbons (Fsp3) is 0.348. The molecule has 3 amide bonds. The zero-order chi connectivity index (χ0) is 24.6. The third-order valence-electron chi connectivity index (χ3n) is 5.92. The minimum absolute atomic E-state index is 0.0178. The topological polar surface area (TPSA) is 115 Å². The normalized spacial score (nSPS) is 17.7. The number of imide groups is 1. The minimum atomic E-state index is -0.493. The molecule has 2 aromatic rings. The molecular weight excluding hydrogens is 460 g/mol. The summed E-state index contributed by atoms with van der Waals surface area (Å²) in [6.45, 7) is 7.07. The number of ether oxygens (including phenoxy) is 1. The highest BCUT2D eigenvalue weighted by molar-refractivity contribution is 8.18. The van der Waals surface area contributed by atoms with E-state index >= 15 is 0 Å². The van der Waals surface area contributed by atoms with Crippen molar-refractivity contribution in [3.05, 3.63) is 61.8 Å². The standard InChI is InChI=1S/C23H24N4O6S/c1-14-10-18(27(31)32)4-5-19(14)26-15(2)11-17(16(26)3)12-20-22(29)25(23(30)34-20)13-21(28)24-6-8-33-9-7-24/h4-5,10-12H,6-9,13H2,1-3H3/b20-12-. The number of benzene rings is 1.